The SMILES string of the molecule is COc1ccc(N2CCN(C(=O)Nc3ccc(F)c(Cl)c3)CC2C)cc1. The number of carbonyl (C=O) groups is 1. The maximum absolute atomic E-state index is 13.2. The zero-order valence-corrected chi connectivity index (χ0v) is 15.5. The van der Waals surface area contributed by atoms with Crippen molar-refractivity contribution in [2.75, 3.05) is 37.0 Å². The number of benzene rings is 2. The van der Waals surface area contributed by atoms with E-state index in [9.17, 15) is 9.18 Å². The van der Waals surface area contributed by atoms with Gasteiger partial charge in [0.25, 0.3) is 0 Å². The van der Waals surface area contributed by atoms with Gasteiger partial charge in [0.2, 0.25) is 0 Å². The van der Waals surface area contributed by atoms with Crippen LogP contribution in [0.3, 0.4) is 0 Å². The highest BCUT2D eigenvalue weighted by Gasteiger charge is 2.27. The van der Waals surface area contributed by atoms with E-state index in [2.05, 4.69) is 17.1 Å². The predicted molar refractivity (Wildman–Crippen MR) is 102 cm³/mol. The van der Waals surface area contributed by atoms with Crippen molar-refractivity contribution in [1.82, 2.24) is 4.90 Å². The van der Waals surface area contributed by atoms with E-state index < -0.39 is 5.82 Å². The molecule has 1 aliphatic rings. The van der Waals surface area contributed by atoms with E-state index in [0.29, 0.717) is 18.8 Å². The minimum Gasteiger partial charge on any atom is -0.497 e. The second-order valence-corrected chi connectivity index (χ2v) is 6.65. The van der Waals surface area contributed by atoms with Crippen LogP contribution in [0.1, 0.15) is 6.92 Å². The Bertz CT molecular complexity index is 785. The number of halogens is 2. The summed E-state index contributed by atoms with van der Waals surface area (Å²) in [4.78, 5) is 16.5. The Morgan fingerprint density at radius 1 is 1.23 bits per heavy atom. The fourth-order valence-electron chi connectivity index (χ4n) is 3.08. The first-order chi connectivity index (χ1) is 12.5. The molecule has 2 aromatic rings. The van der Waals surface area contributed by atoms with Crippen LogP contribution in [0.4, 0.5) is 20.6 Å². The number of nitrogens with one attached hydrogen (secondary N) is 1. The molecular weight excluding hydrogens is 357 g/mol. The molecule has 1 fully saturated rings. The molecular formula is C19H21ClFN3O2. The zero-order valence-electron chi connectivity index (χ0n) is 14.7. The number of piperazine rings is 1. The second-order valence-electron chi connectivity index (χ2n) is 6.25. The summed E-state index contributed by atoms with van der Waals surface area (Å²) in [5.74, 6) is 0.309. The van der Waals surface area contributed by atoms with Gasteiger partial charge in [0.05, 0.1) is 12.1 Å². The van der Waals surface area contributed by atoms with E-state index in [0.717, 1.165) is 18.0 Å². The van der Waals surface area contributed by atoms with Gasteiger partial charge in [-0.3, -0.25) is 0 Å². The molecule has 0 saturated carbocycles. The molecule has 7 heteroatoms. The standard InChI is InChI=1S/C19H21ClFN3O2/c1-13-12-23(19(25)22-14-3-8-18(21)17(20)11-14)9-10-24(13)15-4-6-16(26-2)7-5-15/h3-8,11,13H,9-10,12H2,1-2H3,(H,22,25). The second kappa shape index (κ2) is 7.83. The third kappa shape index (κ3) is 4.02. The lowest BCUT2D eigenvalue weighted by molar-refractivity contribution is 0.200. The lowest BCUT2D eigenvalue weighted by atomic mass is 10.1. The van der Waals surface area contributed by atoms with Crippen molar-refractivity contribution in [2.45, 2.75) is 13.0 Å². The first-order valence-electron chi connectivity index (χ1n) is 8.39. The Hall–Kier alpha value is -2.47. The van der Waals surface area contributed by atoms with Gasteiger partial charge in [-0.25, -0.2) is 9.18 Å². The summed E-state index contributed by atoms with van der Waals surface area (Å²) in [7, 11) is 1.64. The molecule has 0 bridgehead atoms. The van der Waals surface area contributed by atoms with Crippen molar-refractivity contribution < 1.29 is 13.9 Å². The molecule has 1 aliphatic heterocycles. The van der Waals surface area contributed by atoms with Gasteiger partial charge < -0.3 is 19.9 Å². The van der Waals surface area contributed by atoms with Crippen LogP contribution in [-0.4, -0.2) is 43.7 Å². The number of ether oxygens (including phenoxy) is 1. The molecule has 26 heavy (non-hydrogen) atoms. The molecule has 1 N–H and O–H groups in total. The normalized spacial score (nSPS) is 17.2. The molecule has 138 valence electrons. The van der Waals surface area contributed by atoms with Gasteiger partial charge in [-0.15, -0.1) is 0 Å². The molecule has 1 unspecified atom stereocenters. The maximum atomic E-state index is 13.2. The molecule has 1 saturated heterocycles. The van der Waals surface area contributed by atoms with Gasteiger partial charge in [-0.2, -0.15) is 0 Å². The van der Waals surface area contributed by atoms with Crippen LogP contribution < -0.4 is 15.0 Å². The molecule has 0 radical (unpaired) electrons. The number of methoxy groups -OCH3 is 1. The van der Waals surface area contributed by atoms with Crippen molar-refractivity contribution in [2.24, 2.45) is 0 Å². The molecule has 1 atom stereocenters. The number of amides is 2. The first kappa shape index (κ1) is 18.3. The molecule has 0 aliphatic carbocycles. The van der Waals surface area contributed by atoms with Gasteiger partial charge in [0.1, 0.15) is 11.6 Å². The third-order valence-corrected chi connectivity index (χ3v) is 4.78. The summed E-state index contributed by atoms with van der Waals surface area (Å²) >= 11 is 5.76. The Morgan fingerprint density at radius 3 is 2.58 bits per heavy atom. The summed E-state index contributed by atoms with van der Waals surface area (Å²) < 4.78 is 18.4. The summed E-state index contributed by atoms with van der Waals surface area (Å²) in [5.41, 5.74) is 1.58. The van der Waals surface area contributed by atoms with Gasteiger partial charge in [0.15, 0.2) is 0 Å². The third-order valence-electron chi connectivity index (χ3n) is 4.49. The zero-order chi connectivity index (χ0) is 18.7. The van der Waals surface area contributed by atoms with Gasteiger partial charge >= 0.3 is 6.03 Å². The molecule has 0 spiro atoms. The lowest BCUT2D eigenvalue weighted by Gasteiger charge is -2.41. The minimum absolute atomic E-state index is 0.0134. The number of urea groups is 1. The fraction of sp³-hybridized carbons (Fsp3) is 0.316. The Morgan fingerprint density at radius 2 is 1.96 bits per heavy atom. The number of nitrogens with zero attached hydrogens (tertiary/aromatic N) is 2. The predicted octanol–water partition coefficient (Wildman–Crippen LogP) is 4.23. The highest BCUT2D eigenvalue weighted by Crippen LogP contribution is 2.24. The van der Waals surface area contributed by atoms with Crippen molar-refractivity contribution in [3.8, 4) is 5.75 Å². The molecule has 2 aromatic carbocycles. The van der Waals surface area contributed by atoms with Crippen molar-refractivity contribution in [3.63, 3.8) is 0 Å². The molecule has 0 aromatic heterocycles. The Labute approximate surface area is 157 Å². The number of anilines is 2. The summed E-state index contributed by atoms with van der Waals surface area (Å²) in [6.45, 7) is 3.99. The molecule has 3 rings (SSSR count). The Kier molecular flexibility index (Phi) is 5.52. The van der Waals surface area contributed by atoms with Crippen molar-refractivity contribution in [3.05, 3.63) is 53.3 Å². The average molecular weight is 378 g/mol. The topological polar surface area (TPSA) is 44.8 Å². The molecule has 5 nitrogen and oxygen atoms in total. The van der Waals surface area contributed by atoms with E-state index in [4.69, 9.17) is 16.3 Å². The lowest BCUT2D eigenvalue weighted by Crippen LogP contribution is -2.54. The summed E-state index contributed by atoms with van der Waals surface area (Å²) in [6, 6.07) is 12.0. The number of rotatable bonds is 3. The van der Waals surface area contributed by atoms with E-state index in [1.807, 2.05) is 24.3 Å². The smallest absolute Gasteiger partial charge is 0.321 e. The van der Waals surface area contributed by atoms with E-state index in [-0.39, 0.29) is 17.1 Å². The quantitative estimate of drug-likeness (QED) is 0.870. The highest BCUT2D eigenvalue weighted by molar-refractivity contribution is 6.31. The van der Waals surface area contributed by atoms with Crippen LogP contribution in [-0.2, 0) is 0 Å². The number of carbonyl (C=O) groups excluding carboxylic acids is 1. The largest absolute Gasteiger partial charge is 0.497 e. The van der Waals surface area contributed by atoms with Crippen LogP contribution >= 0.6 is 11.6 Å². The molecule has 1 heterocycles. The maximum Gasteiger partial charge on any atom is 0.321 e. The van der Waals surface area contributed by atoms with Crippen molar-refractivity contribution in [1.29, 1.82) is 0 Å². The number of hydrogen-bond donors (Lipinski definition) is 1. The van der Waals surface area contributed by atoms with Gasteiger partial charge in [0, 0.05) is 37.1 Å². The van der Waals surface area contributed by atoms with Crippen LogP contribution in [0.25, 0.3) is 0 Å². The van der Waals surface area contributed by atoms with Crippen LogP contribution in [0.15, 0.2) is 42.5 Å². The van der Waals surface area contributed by atoms with E-state index >= 15 is 0 Å². The fourth-order valence-corrected chi connectivity index (χ4v) is 3.26. The summed E-state index contributed by atoms with van der Waals surface area (Å²) in [6.07, 6.45) is 0. The highest BCUT2D eigenvalue weighted by atomic mass is 35.5. The van der Waals surface area contributed by atoms with Gasteiger partial charge in [-0.05, 0) is 49.4 Å². The first-order valence-corrected chi connectivity index (χ1v) is 8.77. The van der Waals surface area contributed by atoms with Crippen molar-refractivity contribution >= 4 is 29.0 Å². The van der Waals surface area contributed by atoms with Crippen LogP contribution in [0.5, 0.6) is 5.75 Å². The molecule has 2 amide bonds. The number of hydrogen-bond acceptors (Lipinski definition) is 3. The Balaban J connectivity index is 1.61. The minimum atomic E-state index is -0.508. The average Bonchev–Trinajstić information content (AvgIpc) is 2.65. The van der Waals surface area contributed by atoms with E-state index in [1.54, 1.807) is 12.0 Å². The van der Waals surface area contributed by atoms with E-state index in [1.165, 1.54) is 18.2 Å². The monoisotopic (exact) mass is 377 g/mol. The van der Waals surface area contributed by atoms with Gasteiger partial charge in [-0.1, -0.05) is 11.6 Å². The van der Waals surface area contributed by atoms with Crippen LogP contribution in [0, 0.1) is 5.82 Å². The van der Waals surface area contributed by atoms with Crippen LogP contribution in [0.2, 0.25) is 5.02 Å². The summed E-state index contributed by atoms with van der Waals surface area (Å²) in [5, 5.41) is 2.76.